The van der Waals surface area contributed by atoms with Gasteiger partial charge < -0.3 is 29.6 Å². The molecule has 0 aliphatic rings. The zero-order valence-corrected chi connectivity index (χ0v) is 19.6. The van der Waals surface area contributed by atoms with Gasteiger partial charge in [-0.3, -0.25) is 9.59 Å². The van der Waals surface area contributed by atoms with Gasteiger partial charge in [0.2, 0.25) is 0 Å². The van der Waals surface area contributed by atoms with Crippen LogP contribution in [0, 0.1) is 0 Å². The Labute approximate surface area is 198 Å². The number of rotatable bonds is 10. The van der Waals surface area contributed by atoms with Crippen molar-refractivity contribution >= 4 is 11.8 Å². The van der Waals surface area contributed by atoms with Crippen molar-refractivity contribution in [3.63, 3.8) is 0 Å². The number of nitrogens with one attached hydrogen (secondary N) is 2. The fraction of sp³-hybridized carbons (Fsp3) is 0.231. The summed E-state index contributed by atoms with van der Waals surface area (Å²) < 4.78 is 20.9. The van der Waals surface area contributed by atoms with Gasteiger partial charge in [0, 0.05) is 25.2 Å². The molecule has 2 amide bonds. The van der Waals surface area contributed by atoms with Crippen LogP contribution in [-0.2, 0) is 13.1 Å². The van der Waals surface area contributed by atoms with E-state index in [4.69, 9.17) is 18.9 Å². The zero-order valence-electron chi connectivity index (χ0n) is 19.6. The molecule has 178 valence electrons. The number of amides is 2. The van der Waals surface area contributed by atoms with Gasteiger partial charge in [-0.05, 0) is 35.4 Å². The highest BCUT2D eigenvalue weighted by atomic mass is 16.5. The molecule has 3 aromatic carbocycles. The molecule has 0 atom stereocenters. The normalized spacial score (nSPS) is 10.2. The van der Waals surface area contributed by atoms with E-state index in [9.17, 15) is 9.59 Å². The molecule has 0 saturated carbocycles. The summed E-state index contributed by atoms with van der Waals surface area (Å²) in [6.07, 6.45) is 0. The van der Waals surface area contributed by atoms with Crippen molar-refractivity contribution in [2.24, 2.45) is 0 Å². The number of ether oxygens (including phenoxy) is 4. The first-order chi connectivity index (χ1) is 16.5. The van der Waals surface area contributed by atoms with Crippen molar-refractivity contribution < 1.29 is 28.5 Å². The third kappa shape index (κ3) is 5.98. The quantitative estimate of drug-likeness (QED) is 0.476. The van der Waals surface area contributed by atoms with Gasteiger partial charge in [0.1, 0.15) is 23.0 Å². The van der Waals surface area contributed by atoms with Crippen molar-refractivity contribution in [2.75, 3.05) is 28.4 Å². The van der Waals surface area contributed by atoms with Gasteiger partial charge in [0.25, 0.3) is 11.8 Å². The topological polar surface area (TPSA) is 95.1 Å². The lowest BCUT2D eigenvalue weighted by Gasteiger charge is -2.12. The molecular formula is C26H28N2O6. The van der Waals surface area contributed by atoms with E-state index in [-0.39, 0.29) is 11.8 Å². The predicted molar refractivity (Wildman–Crippen MR) is 128 cm³/mol. The van der Waals surface area contributed by atoms with Gasteiger partial charge in [-0.2, -0.15) is 0 Å². The maximum Gasteiger partial charge on any atom is 0.255 e. The second-order valence-corrected chi connectivity index (χ2v) is 7.32. The Balaban J connectivity index is 1.61. The summed E-state index contributed by atoms with van der Waals surface area (Å²) in [7, 11) is 6.12. The van der Waals surface area contributed by atoms with Gasteiger partial charge in [-0.1, -0.05) is 24.3 Å². The van der Waals surface area contributed by atoms with Crippen LogP contribution in [0.5, 0.6) is 23.0 Å². The van der Waals surface area contributed by atoms with Crippen LogP contribution < -0.4 is 29.6 Å². The first kappa shape index (κ1) is 24.4. The van der Waals surface area contributed by atoms with Gasteiger partial charge in [0.15, 0.2) is 0 Å². The molecule has 8 nitrogen and oxygen atoms in total. The van der Waals surface area contributed by atoms with Gasteiger partial charge >= 0.3 is 0 Å². The molecule has 34 heavy (non-hydrogen) atoms. The minimum absolute atomic E-state index is 0.259. The van der Waals surface area contributed by atoms with Gasteiger partial charge in [0.05, 0.1) is 39.6 Å². The van der Waals surface area contributed by atoms with E-state index in [1.54, 1.807) is 50.6 Å². The summed E-state index contributed by atoms with van der Waals surface area (Å²) in [5.74, 6) is 1.56. The number of carbonyl (C=O) groups is 2. The van der Waals surface area contributed by atoms with Gasteiger partial charge in [-0.25, -0.2) is 0 Å². The first-order valence-corrected chi connectivity index (χ1v) is 10.6. The molecule has 0 bridgehead atoms. The molecule has 2 N–H and O–H groups in total. The fourth-order valence-electron chi connectivity index (χ4n) is 3.38. The molecule has 0 aliphatic heterocycles. The summed E-state index contributed by atoms with van der Waals surface area (Å²) in [6, 6.07) is 17.7. The number of hydrogen-bond donors (Lipinski definition) is 2. The molecule has 0 spiro atoms. The highest BCUT2D eigenvalue weighted by Gasteiger charge is 2.14. The van der Waals surface area contributed by atoms with Crippen LogP contribution in [0.15, 0.2) is 60.7 Å². The second-order valence-electron chi connectivity index (χ2n) is 7.32. The van der Waals surface area contributed by atoms with E-state index in [1.807, 2.05) is 24.3 Å². The average molecular weight is 465 g/mol. The predicted octanol–water partition coefficient (Wildman–Crippen LogP) is 3.58. The van der Waals surface area contributed by atoms with Crippen LogP contribution >= 0.6 is 0 Å². The largest absolute Gasteiger partial charge is 0.497 e. The van der Waals surface area contributed by atoms with E-state index >= 15 is 0 Å². The maximum atomic E-state index is 12.7. The number of methoxy groups -OCH3 is 4. The van der Waals surface area contributed by atoms with Crippen molar-refractivity contribution in [2.45, 2.75) is 13.1 Å². The highest BCUT2D eigenvalue weighted by Crippen LogP contribution is 2.25. The minimum Gasteiger partial charge on any atom is -0.497 e. The number of benzene rings is 3. The van der Waals surface area contributed by atoms with Crippen molar-refractivity contribution in [1.29, 1.82) is 0 Å². The molecule has 0 aromatic heterocycles. The molecule has 3 rings (SSSR count). The van der Waals surface area contributed by atoms with Crippen LogP contribution in [0.4, 0.5) is 0 Å². The molecule has 0 aliphatic carbocycles. The van der Waals surface area contributed by atoms with Crippen molar-refractivity contribution in [3.8, 4) is 23.0 Å². The zero-order chi connectivity index (χ0) is 24.5. The van der Waals surface area contributed by atoms with E-state index in [0.29, 0.717) is 47.2 Å². The molecule has 0 heterocycles. The molecule has 0 radical (unpaired) electrons. The molecule has 0 saturated heterocycles. The molecule has 0 unspecified atom stereocenters. The van der Waals surface area contributed by atoms with Crippen LogP contribution in [0.3, 0.4) is 0 Å². The van der Waals surface area contributed by atoms with Gasteiger partial charge in [-0.15, -0.1) is 0 Å². The summed E-state index contributed by atoms with van der Waals surface area (Å²) in [5, 5.41) is 5.79. The smallest absolute Gasteiger partial charge is 0.255 e. The Morgan fingerprint density at radius 3 is 1.44 bits per heavy atom. The molecular weight excluding hydrogens is 436 g/mol. The van der Waals surface area contributed by atoms with E-state index in [2.05, 4.69) is 10.6 Å². The molecule has 0 fully saturated rings. The Morgan fingerprint density at radius 2 is 1.06 bits per heavy atom. The second kappa shape index (κ2) is 11.6. The van der Waals surface area contributed by atoms with Crippen LogP contribution in [0.1, 0.15) is 31.8 Å². The van der Waals surface area contributed by atoms with E-state index in [1.165, 1.54) is 14.2 Å². The third-order valence-electron chi connectivity index (χ3n) is 5.20. The Morgan fingerprint density at radius 1 is 0.618 bits per heavy atom. The number of hydrogen-bond acceptors (Lipinski definition) is 6. The monoisotopic (exact) mass is 464 g/mol. The first-order valence-electron chi connectivity index (χ1n) is 10.6. The van der Waals surface area contributed by atoms with E-state index in [0.717, 1.165) is 11.1 Å². The lowest BCUT2D eigenvalue weighted by atomic mass is 10.1. The Hall–Kier alpha value is -4.20. The summed E-state index contributed by atoms with van der Waals surface area (Å²) in [4.78, 5) is 25.3. The van der Waals surface area contributed by atoms with Crippen molar-refractivity contribution in [1.82, 2.24) is 10.6 Å². The number of carbonyl (C=O) groups excluding carboxylic acids is 2. The Kier molecular flexibility index (Phi) is 8.34. The lowest BCUT2D eigenvalue weighted by Crippen LogP contribution is -2.24. The summed E-state index contributed by atoms with van der Waals surface area (Å²) in [5.41, 5.74) is 2.63. The summed E-state index contributed by atoms with van der Waals surface area (Å²) in [6.45, 7) is 0.643. The molecule has 3 aromatic rings. The van der Waals surface area contributed by atoms with Crippen LogP contribution in [-0.4, -0.2) is 40.3 Å². The Bertz CT molecular complexity index is 1080. The average Bonchev–Trinajstić information content (AvgIpc) is 2.89. The highest BCUT2D eigenvalue weighted by molar-refractivity contribution is 5.97. The van der Waals surface area contributed by atoms with E-state index < -0.39 is 0 Å². The standard InChI is InChI=1S/C26H28N2O6/c1-31-19-8-10-21(23(13-19)33-3)25(29)27-15-17-6-5-7-18(12-17)16-28-26(30)22-11-9-20(32-2)14-24(22)34-4/h5-14H,15-16H2,1-4H3,(H,27,29)(H,28,30). The fourth-order valence-corrected chi connectivity index (χ4v) is 3.38. The third-order valence-corrected chi connectivity index (χ3v) is 5.20. The lowest BCUT2D eigenvalue weighted by molar-refractivity contribution is 0.0940. The van der Waals surface area contributed by atoms with Crippen LogP contribution in [0.25, 0.3) is 0 Å². The van der Waals surface area contributed by atoms with Crippen molar-refractivity contribution in [3.05, 3.63) is 82.9 Å². The maximum absolute atomic E-state index is 12.7. The summed E-state index contributed by atoms with van der Waals surface area (Å²) >= 11 is 0. The SMILES string of the molecule is COc1ccc(C(=O)NCc2cccc(CNC(=O)c3ccc(OC)cc3OC)c2)c(OC)c1. The molecule has 8 heteroatoms. The minimum atomic E-state index is -0.259. The van der Waals surface area contributed by atoms with Crippen LogP contribution in [0.2, 0.25) is 0 Å².